The molecule has 0 saturated carbocycles. The molecule has 0 aliphatic rings. The summed E-state index contributed by atoms with van der Waals surface area (Å²) >= 11 is 0. The molecule has 0 N–H and O–H groups in total. The number of allylic oxidation sites excluding steroid dienone is 2. The molecule has 0 saturated heterocycles. The molecule has 78 valence electrons. The predicted octanol–water partition coefficient (Wildman–Crippen LogP) is 3.73. The third-order valence-corrected chi connectivity index (χ3v) is 2.41. The van der Waals surface area contributed by atoms with E-state index in [1.54, 1.807) is 6.26 Å². The number of furan rings is 1. The Kier molecular flexibility index (Phi) is 3.18. The van der Waals surface area contributed by atoms with Gasteiger partial charge >= 0.3 is 0 Å². The quantitative estimate of drug-likeness (QED) is 0.704. The maximum absolute atomic E-state index is 5.33. The first kappa shape index (κ1) is 9.97. The van der Waals surface area contributed by atoms with Crippen molar-refractivity contribution in [1.82, 2.24) is 4.98 Å². The van der Waals surface area contributed by atoms with Crippen LogP contribution in [0, 0.1) is 0 Å². The molecule has 2 aromatic rings. The maximum atomic E-state index is 5.33. The molecule has 2 aromatic heterocycles. The summed E-state index contributed by atoms with van der Waals surface area (Å²) in [6, 6.07) is 3.89. The van der Waals surface area contributed by atoms with Crippen LogP contribution in [-0.4, -0.2) is 4.98 Å². The highest BCUT2D eigenvalue weighted by Gasteiger charge is 2.02. The zero-order chi connectivity index (χ0) is 10.5. The zero-order valence-corrected chi connectivity index (χ0v) is 8.94. The van der Waals surface area contributed by atoms with Crippen LogP contribution in [0.25, 0.3) is 11.0 Å². The molecular weight excluding hydrogens is 186 g/mol. The van der Waals surface area contributed by atoms with Gasteiger partial charge in [0.25, 0.3) is 0 Å². The molecule has 0 aromatic carbocycles. The Balaban J connectivity index is 2.13. The third kappa shape index (κ3) is 2.27. The molecule has 0 bridgehead atoms. The largest absolute Gasteiger partial charge is 0.464 e. The van der Waals surface area contributed by atoms with Crippen LogP contribution >= 0.6 is 0 Å². The molecule has 2 rings (SSSR count). The van der Waals surface area contributed by atoms with Crippen molar-refractivity contribution in [2.75, 3.05) is 0 Å². The Morgan fingerprint density at radius 1 is 1.33 bits per heavy atom. The minimum Gasteiger partial charge on any atom is -0.464 e. The first-order chi connectivity index (χ1) is 7.42. The van der Waals surface area contributed by atoms with Crippen LogP contribution in [0.4, 0.5) is 0 Å². The van der Waals surface area contributed by atoms with E-state index in [0.717, 1.165) is 35.9 Å². The fraction of sp³-hybridized carbons (Fsp3) is 0.308. The molecule has 0 radical (unpaired) electrons. The molecule has 0 atom stereocenters. The van der Waals surface area contributed by atoms with Gasteiger partial charge in [0.1, 0.15) is 5.58 Å². The van der Waals surface area contributed by atoms with Crippen molar-refractivity contribution >= 4 is 11.0 Å². The van der Waals surface area contributed by atoms with E-state index >= 15 is 0 Å². The van der Waals surface area contributed by atoms with Gasteiger partial charge in [0.2, 0.25) is 0 Å². The number of hydrogen-bond acceptors (Lipinski definition) is 2. The number of nitrogens with zero attached hydrogens (tertiary/aromatic N) is 1. The number of aryl methyl sites for hydroxylation is 1. The average molecular weight is 201 g/mol. The second kappa shape index (κ2) is 4.78. The van der Waals surface area contributed by atoms with Crippen LogP contribution in [0.5, 0.6) is 0 Å². The SMILES string of the molecule is CCC=CCCc1nccc2occc12. The van der Waals surface area contributed by atoms with Crippen molar-refractivity contribution in [3.63, 3.8) is 0 Å². The van der Waals surface area contributed by atoms with Gasteiger partial charge in [-0.05, 0) is 31.4 Å². The molecular formula is C13H15NO. The van der Waals surface area contributed by atoms with Gasteiger partial charge in [0.15, 0.2) is 0 Å². The Labute approximate surface area is 89.6 Å². The number of pyridine rings is 1. The van der Waals surface area contributed by atoms with Crippen molar-refractivity contribution in [2.24, 2.45) is 0 Å². The molecule has 0 fully saturated rings. The summed E-state index contributed by atoms with van der Waals surface area (Å²) in [6.45, 7) is 2.14. The van der Waals surface area contributed by atoms with Gasteiger partial charge in [0.05, 0.1) is 12.0 Å². The Morgan fingerprint density at radius 2 is 2.27 bits per heavy atom. The summed E-state index contributed by atoms with van der Waals surface area (Å²) < 4.78 is 5.33. The van der Waals surface area contributed by atoms with E-state index in [2.05, 4.69) is 24.1 Å². The normalized spacial score (nSPS) is 11.5. The summed E-state index contributed by atoms with van der Waals surface area (Å²) in [5.74, 6) is 0. The highest BCUT2D eigenvalue weighted by atomic mass is 16.3. The standard InChI is InChI=1S/C13H15NO/c1-2-3-4-5-6-12-11-8-10-15-13(11)7-9-14-12/h3-4,7-10H,2,5-6H2,1H3. The maximum Gasteiger partial charge on any atom is 0.137 e. The fourth-order valence-electron chi connectivity index (χ4n) is 1.66. The third-order valence-electron chi connectivity index (χ3n) is 2.41. The van der Waals surface area contributed by atoms with Crippen molar-refractivity contribution in [3.05, 3.63) is 42.4 Å². The lowest BCUT2D eigenvalue weighted by atomic mass is 10.1. The van der Waals surface area contributed by atoms with Crippen molar-refractivity contribution in [1.29, 1.82) is 0 Å². The van der Waals surface area contributed by atoms with Gasteiger partial charge < -0.3 is 4.42 Å². The van der Waals surface area contributed by atoms with E-state index in [1.165, 1.54) is 0 Å². The van der Waals surface area contributed by atoms with E-state index in [-0.39, 0.29) is 0 Å². The summed E-state index contributed by atoms with van der Waals surface area (Å²) in [5, 5.41) is 1.14. The van der Waals surface area contributed by atoms with Crippen molar-refractivity contribution in [3.8, 4) is 0 Å². The smallest absolute Gasteiger partial charge is 0.137 e. The van der Waals surface area contributed by atoms with Gasteiger partial charge in [0, 0.05) is 11.6 Å². The second-order valence-electron chi connectivity index (χ2n) is 3.51. The highest BCUT2D eigenvalue weighted by Crippen LogP contribution is 2.18. The zero-order valence-electron chi connectivity index (χ0n) is 8.94. The van der Waals surface area contributed by atoms with Crippen LogP contribution in [-0.2, 0) is 6.42 Å². The molecule has 2 nitrogen and oxygen atoms in total. The van der Waals surface area contributed by atoms with Crippen LogP contribution < -0.4 is 0 Å². The molecule has 0 spiro atoms. The summed E-state index contributed by atoms with van der Waals surface area (Å²) in [4.78, 5) is 4.38. The monoisotopic (exact) mass is 201 g/mol. The van der Waals surface area contributed by atoms with Crippen LogP contribution in [0.3, 0.4) is 0 Å². The van der Waals surface area contributed by atoms with Crippen molar-refractivity contribution in [2.45, 2.75) is 26.2 Å². The molecule has 0 aliphatic heterocycles. The molecule has 0 aliphatic carbocycles. The lowest BCUT2D eigenvalue weighted by Crippen LogP contribution is -1.88. The number of fused-ring (bicyclic) bond motifs is 1. The predicted molar refractivity (Wildman–Crippen MR) is 61.8 cm³/mol. The van der Waals surface area contributed by atoms with Crippen LogP contribution in [0.2, 0.25) is 0 Å². The fourth-order valence-corrected chi connectivity index (χ4v) is 1.66. The number of aromatic nitrogens is 1. The second-order valence-corrected chi connectivity index (χ2v) is 3.51. The molecule has 2 heteroatoms. The van der Waals surface area contributed by atoms with E-state index in [0.29, 0.717) is 0 Å². The van der Waals surface area contributed by atoms with E-state index in [1.807, 2.05) is 18.3 Å². The van der Waals surface area contributed by atoms with Gasteiger partial charge in [-0.25, -0.2) is 0 Å². The minimum atomic E-state index is 0.930. The summed E-state index contributed by atoms with van der Waals surface area (Å²) in [7, 11) is 0. The summed E-state index contributed by atoms with van der Waals surface area (Å²) in [5.41, 5.74) is 2.06. The highest BCUT2D eigenvalue weighted by molar-refractivity contribution is 5.79. The number of rotatable bonds is 4. The lowest BCUT2D eigenvalue weighted by molar-refractivity contribution is 0.615. The van der Waals surface area contributed by atoms with Gasteiger partial charge in [-0.1, -0.05) is 19.1 Å². The van der Waals surface area contributed by atoms with Gasteiger partial charge in [-0.2, -0.15) is 0 Å². The van der Waals surface area contributed by atoms with Gasteiger partial charge in [-0.15, -0.1) is 0 Å². The van der Waals surface area contributed by atoms with E-state index in [4.69, 9.17) is 4.42 Å². The van der Waals surface area contributed by atoms with Gasteiger partial charge in [-0.3, -0.25) is 4.98 Å². The first-order valence-corrected chi connectivity index (χ1v) is 5.38. The van der Waals surface area contributed by atoms with E-state index < -0.39 is 0 Å². The van der Waals surface area contributed by atoms with Crippen LogP contribution in [0.1, 0.15) is 25.5 Å². The average Bonchev–Trinajstić information content (AvgIpc) is 2.73. The van der Waals surface area contributed by atoms with Crippen LogP contribution in [0.15, 0.2) is 41.2 Å². The molecule has 0 amide bonds. The molecule has 2 heterocycles. The van der Waals surface area contributed by atoms with Crippen molar-refractivity contribution < 1.29 is 4.42 Å². The minimum absolute atomic E-state index is 0.930. The Hall–Kier alpha value is -1.57. The molecule has 15 heavy (non-hydrogen) atoms. The number of hydrogen-bond donors (Lipinski definition) is 0. The molecule has 0 unspecified atom stereocenters. The Morgan fingerprint density at radius 3 is 3.13 bits per heavy atom. The lowest BCUT2D eigenvalue weighted by Gasteiger charge is -1.98. The summed E-state index contributed by atoms with van der Waals surface area (Å²) in [6.07, 6.45) is 11.1. The topological polar surface area (TPSA) is 26.0 Å². The van der Waals surface area contributed by atoms with E-state index in [9.17, 15) is 0 Å². The first-order valence-electron chi connectivity index (χ1n) is 5.38. The Bertz CT molecular complexity index is 456.